The molecule has 6 heteroatoms. The van der Waals surface area contributed by atoms with Gasteiger partial charge in [-0.2, -0.15) is 0 Å². The van der Waals surface area contributed by atoms with Crippen LogP contribution in [0.2, 0.25) is 0 Å². The topological polar surface area (TPSA) is 63.1 Å². The van der Waals surface area contributed by atoms with Crippen LogP contribution in [0.4, 0.5) is 0 Å². The fourth-order valence-electron chi connectivity index (χ4n) is 1.98. The molecule has 1 aromatic rings. The summed E-state index contributed by atoms with van der Waals surface area (Å²) in [6, 6.07) is 0. The van der Waals surface area contributed by atoms with Gasteiger partial charge in [0.2, 0.25) is 0 Å². The van der Waals surface area contributed by atoms with E-state index in [0.29, 0.717) is 0 Å². The molecule has 0 aromatic carbocycles. The highest BCUT2D eigenvalue weighted by atomic mass is 32.2. The Morgan fingerprint density at radius 3 is 2.81 bits per heavy atom. The van der Waals surface area contributed by atoms with Gasteiger partial charge in [-0.1, -0.05) is 35.9 Å². The van der Waals surface area contributed by atoms with Crippen molar-refractivity contribution in [2.75, 3.05) is 0 Å². The second-order valence-electron chi connectivity index (χ2n) is 3.97. The molecular weight excluding hydrogens is 244 g/mol. The lowest BCUT2D eigenvalue weighted by Gasteiger charge is -2.26. The molecule has 2 atom stereocenters. The van der Waals surface area contributed by atoms with Gasteiger partial charge in [-0.05, 0) is 19.8 Å². The number of aryl methyl sites for hydroxylation is 1. The summed E-state index contributed by atoms with van der Waals surface area (Å²) >= 11 is 3.13. The van der Waals surface area contributed by atoms with E-state index in [4.69, 9.17) is 5.11 Å². The molecular formula is C10H14N2O2S2. The van der Waals surface area contributed by atoms with Crippen LogP contribution in [0.15, 0.2) is 4.34 Å². The van der Waals surface area contributed by atoms with E-state index in [0.717, 1.165) is 35.0 Å². The summed E-state index contributed by atoms with van der Waals surface area (Å²) in [6.07, 6.45) is 3.92. The summed E-state index contributed by atoms with van der Waals surface area (Å²) in [5.41, 5.74) is 0. The number of thioether (sulfide) groups is 1. The van der Waals surface area contributed by atoms with Gasteiger partial charge in [0.1, 0.15) is 5.01 Å². The second kappa shape index (κ2) is 5.14. The Balaban J connectivity index is 2.03. The fourth-order valence-corrected chi connectivity index (χ4v) is 4.37. The average molecular weight is 258 g/mol. The molecule has 0 saturated heterocycles. The molecule has 0 radical (unpaired) electrons. The molecule has 16 heavy (non-hydrogen) atoms. The molecule has 1 aromatic heterocycles. The van der Waals surface area contributed by atoms with Crippen molar-refractivity contribution in [1.82, 2.24) is 10.2 Å². The number of nitrogens with zero attached hydrogens (tertiary/aromatic N) is 2. The highest BCUT2D eigenvalue weighted by molar-refractivity contribution is 8.01. The molecule has 0 aliphatic heterocycles. The molecule has 1 saturated carbocycles. The van der Waals surface area contributed by atoms with Gasteiger partial charge in [-0.25, -0.2) is 0 Å². The SMILES string of the molecule is Cc1nnc(SC2CCCCC2C(=O)O)s1. The molecule has 0 spiro atoms. The number of aromatic nitrogens is 2. The molecule has 2 rings (SSSR count). The summed E-state index contributed by atoms with van der Waals surface area (Å²) in [4.78, 5) is 11.1. The highest BCUT2D eigenvalue weighted by Crippen LogP contribution is 2.38. The first-order chi connectivity index (χ1) is 7.66. The van der Waals surface area contributed by atoms with Gasteiger partial charge in [0, 0.05) is 5.25 Å². The number of carbonyl (C=O) groups is 1. The molecule has 1 aliphatic rings. The number of rotatable bonds is 3. The monoisotopic (exact) mass is 258 g/mol. The van der Waals surface area contributed by atoms with E-state index in [-0.39, 0.29) is 11.2 Å². The first-order valence-electron chi connectivity index (χ1n) is 5.36. The van der Waals surface area contributed by atoms with Crippen molar-refractivity contribution < 1.29 is 9.90 Å². The average Bonchev–Trinajstić information content (AvgIpc) is 2.64. The van der Waals surface area contributed by atoms with Crippen LogP contribution in [0.5, 0.6) is 0 Å². The van der Waals surface area contributed by atoms with Crippen LogP contribution >= 0.6 is 23.1 Å². The minimum atomic E-state index is -0.668. The smallest absolute Gasteiger partial charge is 0.307 e. The predicted molar refractivity (Wildman–Crippen MR) is 63.9 cm³/mol. The minimum absolute atomic E-state index is 0.165. The third-order valence-electron chi connectivity index (χ3n) is 2.78. The summed E-state index contributed by atoms with van der Waals surface area (Å²) in [7, 11) is 0. The van der Waals surface area contributed by atoms with Crippen LogP contribution in [-0.2, 0) is 4.79 Å². The molecule has 0 bridgehead atoms. The zero-order valence-corrected chi connectivity index (χ0v) is 10.7. The lowest BCUT2D eigenvalue weighted by Crippen LogP contribution is -2.28. The molecule has 1 fully saturated rings. The summed E-state index contributed by atoms with van der Waals surface area (Å²) in [6.45, 7) is 1.91. The van der Waals surface area contributed by atoms with Crippen molar-refractivity contribution in [2.24, 2.45) is 5.92 Å². The van der Waals surface area contributed by atoms with E-state index < -0.39 is 5.97 Å². The van der Waals surface area contributed by atoms with Crippen molar-refractivity contribution in [3.8, 4) is 0 Å². The van der Waals surface area contributed by atoms with Crippen LogP contribution in [0, 0.1) is 12.8 Å². The lowest BCUT2D eigenvalue weighted by molar-refractivity contribution is -0.142. The van der Waals surface area contributed by atoms with Gasteiger partial charge >= 0.3 is 5.97 Å². The normalized spacial score (nSPS) is 25.6. The van der Waals surface area contributed by atoms with Crippen molar-refractivity contribution >= 4 is 29.1 Å². The van der Waals surface area contributed by atoms with E-state index in [2.05, 4.69) is 10.2 Å². The van der Waals surface area contributed by atoms with Crippen LogP contribution in [0.1, 0.15) is 30.7 Å². The summed E-state index contributed by atoms with van der Waals surface area (Å²) in [5.74, 6) is -0.888. The summed E-state index contributed by atoms with van der Waals surface area (Å²) in [5, 5.41) is 18.2. The van der Waals surface area contributed by atoms with E-state index >= 15 is 0 Å². The summed E-state index contributed by atoms with van der Waals surface area (Å²) < 4.78 is 0.899. The van der Waals surface area contributed by atoms with Crippen LogP contribution in [0.3, 0.4) is 0 Å². The number of carboxylic acids is 1. The molecule has 0 amide bonds. The quantitative estimate of drug-likeness (QED) is 0.902. The van der Waals surface area contributed by atoms with Gasteiger partial charge in [-0.3, -0.25) is 4.79 Å². The second-order valence-corrected chi connectivity index (χ2v) is 6.64. The third-order valence-corrected chi connectivity index (χ3v) is 5.10. The van der Waals surface area contributed by atoms with Gasteiger partial charge in [0.05, 0.1) is 5.92 Å². The van der Waals surface area contributed by atoms with Gasteiger partial charge in [0.15, 0.2) is 4.34 Å². The number of hydrogen-bond acceptors (Lipinski definition) is 5. The first kappa shape index (κ1) is 11.9. The van der Waals surface area contributed by atoms with Crippen molar-refractivity contribution in [3.63, 3.8) is 0 Å². The maximum Gasteiger partial charge on any atom is 0.307 e. The van der Waals surface area contributed by atoms with Crippen molar-refractivity contribution in [1.29, 1.82) is 0 Å². The molecule has 2 unspecified atom stereocenters. The van der Waals surface area contributed by atoms with Gasteiger partial charge in [-0.15, -0.1) is 10.2 Å². The Morgan fingerprint density at radius 2 is 2.19 bits per heavy atom. The maximum atomic E-state index is 11.1. The van der Waals surface area contributed by atoms with E-state index in [1.54, 1.807) is 23.1 Å². The zero-order valence-electron chi connectivity index (χ0n) is 9.05. The maximum absolute atomic E-state index is 11.1. The number of aliphatic carboxylic acids is 1. The largest absolute Gasteiger partial charge is 0.481 e. The Labute approximate surface area is 102 Å². The van der Waals surface area contributed by atoms with Crippen molar-refractivity contribution in [2.45, 2.75) is 42.2 Å². The third kappa shape index (κ3) is 2.74. The van der Waals surface area contributed by atoms with E-state index in [1.807, 2.05) is 6.92 Å². The number of hydrogen-bond donors (Lipinski definition) is 1. The standard InChI is InChI=1S/C10H14N2O2S2/c1-6-11-12-10(15-6)16-8-5-3-2-4-7(8)9(13)14/h7-8H,2-5H2,1H3,(H,13,14). The molecule has 1 aliphatic carbocycles. The minimum Gasteiger partial charge on any atom is -0.481 e. The van der Waals surface area contributed by atoms with Gasteiger partial charge < -0.3 is 5.11 Å². The Hall–Kier alpha value is -0.620. The zero-order chi connectivity index (χ0) is 11.5. The van der Waals surface area contributed by atoms with Gasteiger partial charge in [0.25, 0.3) is 0 Å². The molecule has 88 valence electrons. The van der Waals surface area contributed by atoms with Crippen LogP contribution in [-0.4, -0.2) is 26.5 Å². The fraction of sp³-hybridized carbons (Fsp3) is 0.700. The Morgan fingerprint density at radius 1 is 1.44 bits per heavy atom. The molecule has 4 nitrogen and oxygen atoms in total. The first-order valence-corrected chi connectivity index (χ1v) is 7.06. The van der Waals surface area contributed by atoms with E-state index in [9.17, 15) is 4.79 Å². The van der Waals surface area contributed by atoms with Crippen molar-refractivity contribution in [3.05, 3.63) is 5.01 Å². The predicted octanol–water partition coefficient (Wildman–Crippen LogP) is 2.58. The Kier molecular flexibility index (Phi) is 3.81. The lowest BCUT2D eigenvalue weighted by atomic mass is 9.89. The molecule has 1 N–H and O–H groups in total. The van der Waals surface area contributed by atoms with E-state index in [1.165, 1.54) is 0 Å². The molecule has 1 heterocycles. The number of carboxylic acid groups (broad SMARTS) is 1. The van der Waals surface area contributed by atoms with Crippen LogP contribution in [0.25, 0.3) is 0 Å². The van der Waals surface area contributed by atoms with Crippen LogP contribution < -0.4 is 0 Å². The Bertz CT molecular complexity index is 381. The highest BCUT2D eigenvalue weighted by Gasteiger charge is 2.32.